The first kappa shape index (κ1) is 11.9. The van der Waals surface area contributed by atoms with Gasteiger partial charge in [-0.25, -0.2) is 9.97 Å². The summed E-state index contributed by atoms with van der Waals surface area (Å²) in [6.45, 7) is 0. The molecule has 0 atom stereocenters. The van der Waals surface area contributed by atoms with Crippen LogP contribution in [0.15, 0.2) is 48.7 Å². The summed E-state index contributed by atoms with van der Waals surface area (Å²) in [5.41, 5.74) is 2.51. The fraction of sp³-hybridized carbons (Fsp3) is 0.0714. The molecule has 0 saturated carbocycles. The summed E-state index contributed by atoms with van der Waals surface area (Å²) in [5.74, 6) is 0.534. The molecule has 0 unspecified atom stereocenters. The lowest BCUT2D eigenvalue weighted by molar-refractivity contribution is 0.768. The molecule has 5 heteroatoms. The van der Waals surface area contributed by atoms with Crippen molar-refractivity contribution >= 4 is 11.6 Å². The molecule has 0 aliphatic heterocycles. The highest BCUT2D eigenvalue weighted by Crippen LogP contribution is 2.23. The van der Waals surface area contributed by atoms with E-state index in [4.69, 9.17) is 11.6 Å². The highest BCUT2D eigenvalue weighted by atomic mass is 35.5. The van der Waals surface area contributed by atoms with Crippen molar-refractivity contribution in [1.82, 2.24) is 19.7 Å². The maximum Gasteiger partial charge on any atom is 0.182 e. The van der Waals surface area contributed by atoms with Crippen molar-refractivity contribution < 1.29 is 0 Å². The number of rotatable bonds is 2. The smallest absolute Gasteiger partial charge is 0.182 e. The first-order valence-corrected chi connectivity index (χ1v) is 6.20. The van der Waals surface area contributed by atoms with Gasteiger partial charge in [-0.2, -0.15) is 5.10 Å². The van der Waals surface area contributed by atoms with Gasteiger partial charge >= 0.3 is 0 Å². The Morgan fingerprint density at radius 2 is 1.79 bits per heavy atom. The van der Waals surface area contributed by atoms with Crippen LogP contribution in [-0.2, 0) is 7.05 Å². The number of hydrogen-bond acceptors (Lipinski definition) is 3. The molecule has 0 spiro atoms. The van der Waals surface area contributed by atoms with Crippen LogP contribution in [0.4, 0.5) is 0 Å². The molecular formula is C14H11ClN4. The third-order valence-corrected chi connectivity index (χ3v) is 2.90. The van der Waals surface area contributed by atoms with E-state index in [1.807, 2.05) is 49.6 Å². The molecule has 0 amide bonds. The van der Waals surface area contributed by atoms with Crippen LogP contribution < -0.4 is 0 Å². The molecule has 0 saturated heterocycles. The average Bonchev–Trinajstić information content (AvgIpc) is 2.86. The summed E-state index contributed by atoms with van der Waals surface area (Å²) in [6, 6.07) is 13.5. The molecule has 94 valence electrons. The first-order valence-electron chi connectivity index (χ1n) is 5.82. The monoisotopic (exact) mass is 270 g/mol. The van der Waals surface area contributed by atoms with Gasteiger partial charge in [-0.1, -0.05) is 41.9 Å². The van der Waals surface area contributed by atoms with E-state index in [1.54, 1.807) is 10.7 Å². The second-order valence-corrected chi connectivity index (χ2v) is 4.53. The molecule has 0 aliphatic rings. The predicted molar refractivity (Wildman–Crippen MR) is 74.7 cm³/mol. The van der Waals surface area contributed by atoms with Crippen LogP contribution in [0.25, 0.3) is 22.8 Å². The van der Waals surface area contributed by atoms with Gasteiger partial charge in [0.25, 0.3) is 0 Å². The Balaban J connectivity index is 2.11. The first-order chi connectivity index (χ1) is 9.22. The summed E-state index contributed by atoms with van der Waals surface area (Å²) in [6.07, 6.45) is 1.85. The maximum absolute atomic E-state index is 6.07. The minimum absolute atomic E-state index is 0.412. The Bertz CT molecular complexity index is 706. The largest absolute Gasteiger partial charge is 0.275 e. The fourth-order valence-electron chi connectivity index (χ4n) is 1.82. The molecule has 2 heterocycles. The standard InChI is InChI=1S/C14H11ClN4/c1-19-8-7-11(18-19)14-16-12(9-13(15)17-14)10-5-3-2-4-6-10/h2-9H,1H3. The molecule has 4 nitrogen and oxygen atoms in total. The SMILES string of the molecule is Cn1ccc(-c2nc(Cl)cc(-c3ccccc3)n2)n1. The van der Waals surface area contributed by atoms with Crippen molar-refractivity contribution in [2.24, 2.45) is 7.05 Å². The van der Waals surface area contributed by atoms with Crippen molar-refractivity contribution in [3.05, 3.63) is 53.8 Å². The van der Waals surface area contributed by atoms with Gasteiger partial charge in [0.05, 0.1) is 5.69 Å². The van der Waals surface area contributed by atoms with E-state index in [0.717, 1.165) is 11.3 Å². The fourth-order valence-corrected chi connectivity index (χ4v) is 2.01. The van der Waals surface area contributed by atoms with Crippen molar-refractivity contribution in [3.8, 4) is 22.8 Å². The van der Waals surface area contributed by atoms with Gasteiger partial charge < -0.3 is 0 Å². The zero-order valence-electron chi connectivity index (χ0n) is 10.3. The van der Waals surface area contributed by atoms with Gasteiger partial charge in [-0.15, -0.1) is 0 Å². The van der Waals surface area contributed by atoms with Crippen LogP contribution in [0.5, 0.6) is 0 Å². The second-order valence-electron chi connectivity index (χ2n) is 4.14. The lowest BCUT2D eigenvalue weighted by Gasteiger charge is -2.03. The number of benzene rings is 1. The molecule has 0 radical (unpaired) electrons. The molecule has 0 aliphatic carbocycles. The zero-order chi connectivity index (χ0) is 13.2. The van der Waals surface area contributed by atoms with Gasteiger partial charge in [0.2, 0.25) is 0 Å². The van der Waals surface area contributed by atoms with Crippen LogP contribution >= 0.6 is 11.6 Å². The van der Waals surface area contributed by atoms with Crippen molar-refractivity contribution in [2.75, 3.05) is 0 Å². The molecular weight excluding hydrogens is 260 g/mol. The zero-order valence-corrected chi connectivity index (χ0v) is 11.0. The van der Waals surface area contributed by atoms with Crippen LogP contribution in [0.2, 0.25) is 5.15 Å². The Kier molecular flexibility index (Phi) is 3.01. The van der Waals surface area contributed by atoms with Crippen LogP contribution in [0, 0.1) is 0 Å². The Morgan fingerprint density at radius 1 is 1.00 bits per heavy atom. The third-order valence-electron chi connectivity index (χ3n) is 2.71. The van der Waals surface area contributed by atoms with E-state index >= 15 is 0 Å². The van der Waals surface area contributed by atoms with E-state index in [1.165, 1.54) is 0 Å². The Labute approximate surface area is 115 Å². The number of aromatic nitrogens is 4. The second kappa shape index (κ2) is 4.82. The average molecular weight is 271 g/mol. The summed E-state index contributed by atoms with van der Waals surface area (Å²) in [5, 5.41) is 4.70. The van der Waals surface area contributed by atoms with E-state index in [2.05, 4.69) is 15.1 Å². The van der Waals surface area contributed by atoms with Gasteiger partial charge in [0, 0.05) is 24.9 Å². The van der Waals surface area contributed by atoms with E-state index in [0.29, 0.717) is 16.7 Å². The summed E-state index contributed by atoms with van der Waals surface area (Å²) in [7, 11) is 1.85. The minimum atomic E-state index is 0.412. The molecule has 0 fully saturated rings. The van der Waals surface area contributed by atoms with Crippen molar-refractivity contribution in [3.63, 3.8) is 0 Å². The minimum Gasteiger partial charge on any atom is -0.275 e. The molecule has 3 rings (SSSR count). The van der Waals surface area contributed by atoms with Crippen LogP contribution in [0.3, 0.4) is 0 Å². The third kappa shape index (κ3) is 2.48. The Morgan fingerprint density at radius 3 is 2.47 bits per heavy atom. The normalized spacial score (nSPS) is 10.6. The molecule has 19 heavy (non-hydrogen) atoms. The Hall–Kier alpha value is -2.20. The lowest BCUT2D eigenvalue weighted by atomic mass is 10.1. The van der Waals surface area contributed by atoms with Crippen molar-refractivity contribution in [1.29, 1.82) is 0 Å². The number of halogens is 1. The number of nitrogens with zero attached hydrogens (tertiary/aromatic N) is 4. The van der Waals surface area contributed by atoms with Gasteiger partial charge in [-0.3, -0.25) is 4.68 Å². The van der Waals surface area contributed by atoms with E-state index in [-0.39, 0.29) is 0 Å². The van der Waals surface area contributed by atoms with Gasteiger partial charge in [0.1, 0.15) is 10.8 Å². The molecule has 2 aromatic heterocycles. The van der Waals surface area contributed by atoms with Crippen molar-refractivity contribution in [2.45, 2.75) is 0 Å². The summed E-state index contributed by atoms with van der Waals surface area (Å²) >= 11 is 6.07. The molecule has 0 N–H and O–H groups in total. The van der Waals surface area contributed by atoms with Gasteiger partial charge in [-0.05, 0) is 6.07 Å². The highest BCUT2D eigenvalue weighted by Gasteiger charge is 2.09. The lowest BCUT2D eigenvalue weighted by Crippen LogP contribution is -1.95. The summed E-state index contributed by atoms with van der Waals surface area (Å²) in [4.78, 5) is 8.74. The van der Waals surface area contributed by atoms with E-state index in [9.17, 15) is 0 Å². The van der Waals surface area contributed by atoms with Crippen LogP contribution in [-0.4, -0.2) is 19.7 Å². The maximum atomic E-state index is 6.07. The molecule has 0 bridgehead atoms. The molecule has 3 aromatic rings. The van der Waals surface area contributed by atoms with Gasteiger partial charge in [0.15, 0.2) is 5.82 Å². The number of aryl methyl sites for hydroxylation is 1. The van der Waals surface area contributed by atoms with E-state index < -0.39 is 0 Å². The number of hydrogen-bond donors (Lipinski definition) is 0. The molecule has 1 aromatic carbocycles. The summed E-state index contributed by atoms with van der Waals surface area (Å²) < 4.78 is 1.71. The highest BCUT2D eigenvalue weighted by molar-refractivity contribution is 6.29. The topological polar surface area (TPSA) is 43.6 Å². The predicted octanol–water partition coefficient (Wildman–Crippen LogP) is 3.20. The van der Waals surface area contributed by atoms with Crippen LogP contribution in [0.1, 0.15) is 0 Å². The quantitative estimate of drug-likeness (QED) is 0.672.